The van der Waals surface area contributed by atoms with Crippen LogP contribution in [0.25, 0.3) is 0 Å². The number of nitro groups is 1. The number of rotatable bonds is 6. The van der Waals surface area contributed by atoms with Gasteiger partial charge < -0.3 is 9.64 Å². The minimum atomic E-state index is -3.68. The van der Waals surface area contributed by atoms with Crippen LogP contribution in [-0.4, -0.2) is 69.9 Å². The van der Waals surface area contributed by atoms with Crippen molar-refractivity contribution >= 4 is 21.2 Å². The normalized spacial score (nSPS) is 22.2. The molecule has 0 bridgehead atoms. The zero-order chi connectivity index (χ0) is 18.8. The molecule has 2 unspecified atom stereocenters. The van der Waals surface area contributed by atoms with Gasteiger partial charge >= 0.3 is 5.69 Å². The Morgan fingerprint density at radius 1 is 1.28 bits per heavy atom. The Bertz CT molecular complexity index is 725. The van der Waals surface area contributed by atoms with Gasteiger partial charge in [-0.2, -0.15) is 0 Å². The van der Waals surface area contributed by atoms with Gasteiger partial charge in [0.05, 0.1) is 11.5 Å². The number of methoxy groups -OCH3 is 1. The van der Waals surface area contributed by atoms with E-state index in [1.54, 1.807) is 19.2 Å². The Morgan fingerprint density at radius 3 is 2.36 bits per heavy atom. The number of nitro benzene ring substituents is 1. The summed E-state index contributed by atoms with van der Waals surface area (Å²) in [5.41, 5.74) is 0.0211. The van der Waals surface area contributed by atoms with Gasteiger partial charge in [-0.3, -0.25) is 15.0 Å². The molecule has 8 nitrogen and oxygen atoms in total. The number of ether oxygens (including phenoxy) is 1. The van der Waals surface area contributed by atoms with E-state index in [2.05, 4.69) is 18.7 Å². The molecule has 1 aliphatic heterocycles. The van der Waals surface area contributed by atoms with Crippen molar-refractivity contribution in [1.82, 2.24) is 4.90 Å². The molecule has 1 aliphatic rings. The fourth-order valence-electron chi connectivity index (χ4n) is 3.44. The van der Waals surface area contributed by atoms with Gasteiger partial charge in [-0.25, -0.2) is 8.42 Å². The van der Waals surface area contributed by atoms with Gasteiger partial charge in [-0.15, -0.1) is 0 Å². The maximum atomic E-state index is 11.9. The predicted molar refractivity (Wildman–Crippen MR) is 95.9 cm³/mol. The smallest absolute Gasteiger partial charge is 0.311 e. The molecule has 0 amide bonds. The third kappa shape index (κ3) is 4.28. The molecule has 1 fully saturated rings. The molecule has 0 aliphatic carbocycles. The van der Waals surface area contributed by atoms with Gasteiger partial charge in [0.25, 0.3) is 0 Å². The highest BCUT2D eigenvalue weighted by Crippen LogP contribution is 2.36. The lowest BCUT2D eigenvalue weighted by Gasteiger charge is -2.45. The van der Waals surface area contributed by atoms with E-state index < -0.39 is 14.8 Å². The van der Waals surface area contributed by atoms with Crippen LogP contribution in [0, 0.1) is 10.1 Å². The van der Waals surface area contributed by atoms with Crippen molar-refractivity contribution < 1.29 is 18.1 Å². The summed E-state index contributed by atoms with van der Waals surface area (Å²) in [6.45, 7) is 6.70. The number of hydrogen-bond acceptors (Lipinski definition) is 7. The van der Waals surface area contributed by atoms with E-state index in [1.807, 2.05) is 4.90 Å². The number of para-hydroxylation sites is 1. The second-order valence-electron chi connectivity index (χ2n) is 6.49. The fraction of sp³-hybridized carbons (Fsp3) is 0.625. The van der Waals surface area contributed by atoms with E-state index in [0.717, 1.165) is 12.8 Å². The molecule has 25 heavy (non-hydrogen) atoms. The maximum Gasteiger partial charge on any atom is 0.311 e. The van der Waals surface area contributed by atoms with Crippen LogP contribution in [0.15, 0.2) is 23.1 Å². The Labute approximate surface area is 148 Å². The van der Waals surface area contributed by atoms with Crippen LogP contribution in [0.1, 0.15) is 13.8 Å². The van der Waals surface area contributed by atoms with Gasteiger partial charge in [-0.05, 0) is 26.0 Å². The van der Waals surface area contributed by atoms with Crippen molar-refractivity contribution in [3.8, 4) is 0 Å². The molecule has 2 atom stereocenters. The van der Waals surface area contributed by atoms with Crippen LogP contribution in [-0.2, 0) is 14.6 Å². The number of nitrogens with zero attached hydrogens (tertiary/aromatic N) is 3. The van der Waals surface area contributed by atoms with Gasteiger partial charge in [0.15, 0.2) is 9.84 Å². The van der Waals surface area contributed by atoms with E-state index in [-0.39, 0.29) is 22.7 Å². The van der Waals surface area contributed by atoms with Crippen LogP contribution in [0.2, 0.25) is 0 Å². The standard InChI is InChI=1S/C16H25N3O5S/c1-12-10-17(11-13(2)18(12)8-9-24-3)14-6-5-7-15(25(4,22)23)16(14)19(20)21/h5-7,12-13H,8-11H2,1-4H3. The summed E-state index contributed by atoms with van der Waals surface area (Å²) in [6.07, 6.45) is 0.993. The van der Waals surface area contributed by atoms with Crippen LogP contribution >= 0.6 is 0 Å². The third-order valence-corrected chi connectivity index (χ3v) is 5.68. The van der Waals surface area contributed by atoms with Gasteiger partial charge in [0.1, 0.15) is 10.6 Å². The van der Waals surface area contributed by atoms with E-state index >= 15 is 0 Å². The molecular weight excluding hydrogens is 346 g/mol. The molecule has 9 heteroatoms. The Balaban J connectivity index is 2.38. The fourth-order valence-corrected chi connectivity index (χ4v) is 4.30. The van der Waals surface area contributed by atoms with Crippen molar-refractivity contribution in [2.24, 2.45) is 0 Å². The molecule has 1 saturated heterocycles. The molecule has 0 spiro atoms. The van der Waals surface area contributed by atoms with E-state index in [9.17, 15) is 18.5 Å². The quantitative estimate of drug-likeness (QED) is 0.553. The summed E-state index contributed by atoms with van der Waals surface area (Å²) in [7, 11) is -2.03. The number of sulfone groups is 1. The largest absolute Gasteiger partial charge is 0.383 e. The van der Waals surface area contributed by atoms with Crippen LogP contribution in [0.4, 0.5) is 11.4 Å². The molecule has 0 N–H and O–H groups in total. The first-order valence-electron chi connectivity index (χ1n) is 8.14. The van der Waals surface area contributed by atoms with Gasteiger partial charge in [-0.1, -0.05) is 6.07 Å². The van der Waals surface area contributed by atoms with Crippen LogP contribution in [0.3, 0.4) is 0 Å². The molecule has 1 heterocycles. The van der Waals surface area contributed by atoms with Crippen LogP contribution < -0.4 is 4.90 Å². The molecule has 2 rings (SSSR count). The summed E-state index contributed by atoms with van der Waals surface area (Å²) >= 11 is 0. The van der Waals surface area contributed by atoms with Crippen molar-refractivity contribution in [3.63, 3.8) is 0 Å². The van der Waals surface area contributed by atoms with E-state index in [1.165, 1.54) is 6.07 Å². The number of hydrogen-bond donors (Lipinski definition) is 0. The topological polar surface area (TPSA) is 93.0 Å². The maximum absolute atomic E-state index is 11.9. The first-order chi connectivity index (χ1) is 11.7. The predicted octanol–water partition coefficient (Wildman–Crippen LogP) is 1.54. The lowest BCUT2D eigenvalue weighted by molar-refractivity contribution is -0.387. The van der Waals surface area contributed by atoms with Crippen molar-refractivity contribution in [2.45, 2.75) is 30.8 Å². The summed E-state index contributed by atoms with van der Waals surface area (Å²) in [6, 6.07) is 4.81. The van der Waals surface area contributed by atoms with Crippen LogP contribution in [0.5, 0.6) is 0 Å². The highest BCUT2D eigenvalue weighted by Gasteiger charge is 2.34. The van der Waals surface area contributed by atoms with Gasteiger partial charge in [0.2, 0.25) is 0 Å². The lowest BCUT2D eigenvalue weighted by atomic mass is 10.1. The number of piperazine rings is 1. The second kappa shape index (κ2) is 7.67. The molecule has 1 aromatic carbocycles. The first kappa shape index (κ1) is 19.6. The van der Waals surface area contributed by atoms with Gasteiger partial charge in [0, 0.05) is 45.1 Å². The summed E-state index contributed by atoms with van der Waals surface area (Å²) in [5, 5.41) is 11.6. The Kier molecular flexibility index (Phi) is 6.02. The van der Waals surface area contributed by atoms with E-state index in [0.29, 0.717) is 25.4 Å². The minimum Gasteiger partial charge on any atom is -0.383 e. The Morgan fingerprint density at radius 2 is 1.88 bits per heavy atom. The first-order valence-corrected chi connectivity index (χ1v) is 10.0. The molecule has 140 valence electrons. The van der Waals surface area contributed by atoms with Crippen molar-refractivity contribution in [3.05, 3.63) is 28.3 Å². The van der Waals surface area contributed by atoms with E-state index in [4.69, 9.17) is 4.74 Å². The minimum absolute atomic E-state index is 0.167. The molecule has 1 aromatic rings. The highest BCUT2D eigenvalue weighted by molar-refractivity contribution is 7.90. The Hall–Kier alpha value is -1.71. The average Bonchev–Trinajstić information content (AvgIpc) is 2.52. The van der Waals surface area contributed by atoms with Crippen molar-refractivity contribution in [2.75, 3.05) is 44.5 Å². The molecule has 0 saturated carbocycles. The zero-order valence-electron chi connectivity index (χ0n) is 15.0. The summed E-state index contributed by atoms with van der Waals surface area (Å²) < 4.78 is 29.0. The monoisotopic (exact) mass is 371 g/mol. The number of anilines is 1. The summed E-state index contributed by atoms with van der Waals surface area (Å²) in [4.78, 5) is 15.0. The second-order valence-corrected chi connectivity index (χ2v) is 8.47. The van der Waals surface area contributed by atoms with Crippen molar-refractivity contribution in [1.29, 1.82) is 0 Å². The molecule has 0 aromatic heterocycles. The molecular formula is C16H25N3O5S. The molecule has 0 radical (unpaired) electrons. The third-order valence-electron chi connectivity index (χ3n) is 4.56. The SMILES string of the molecule is COCCN1C(C)CN(c2cccc(S(C)(=O)=O)c2[N+](=O)[O-])CC1C. The number of benzene rings is 1. The zero-order valence-corrected chi connectivity index (χ0v) is 15.8. The summed E-state index contributed by atoms with van der Waals surface area (Å²) in [5.74, 6) is 0. The lowest BCUT2D eigenvalue weighted by Crippen LogP contribution is -2.57. The average molecular weight is 371 g/mol. The highest BCUT2D eigenvalue weighted by atomic mass is 32.2.